The Hall–Kier alpha value is -6.70. The first-order chi connectivity index (χ1) is 34.3. The van der Waals surface area contributed by atoms with Gasteiger partial charge in [0.1, 0.15) is 31.0 Å². The normalized spacial score (nSPS) is 16.7. The van der Waals surface area contributed by atoms with Crippen LogP contribution in [0.4, 0.5) is 21.0 Å². The maximum Gasteiger partial charge on any atom is 0.416 e. The number of alkyl carbamates (subject to hydrolysis) is 1. The Balaban J connectivity index is 1.35. The van der Waals surface area contributed by atoms with Crippen LogP contribution in [0.3, 0.4) is 0 Å². The van der Waals surface area contributed by atoms with Gasteiger partial charge < -0.3 is 43.9 Å². The molecule has 5 amide bonds. The largest absolute Gasteiger partial charge is 0.531 e. The van der Waals surface area contributed by atoms with E-state index in [-0.39, 0.29) is 41.3 Å². The molecule has 2 aliphatic rings. The summed E-state index contributed by atoms with van der Waals surface area (Å²) in [6.07, 6.45) is 1.22. The molecule has 17 heteroatoms. The Morgan fingerprint density at radius 2 is 1.41 bits per heavy atom. The maximum absolute atomic E-state index is 15.2. The number of benzene rings is 4. The lowest BCUT2D eigenvalue weighted by molar-refractivity contribution is -0.128. The molecule has 0 saturated heterocycles. The van der Waals surface area contributed by atoms with E-state index < -0.39 is 70.0 Å². The van der Waals surface area contributed by atoms with Crippen molar-refractivity contribution in [2.45, 2.75) is 130 Å². The van der Waals surface area contributed by atoms with Gasteiger partial charge in [0.25, 0.3) is 5.91 Å². The number of hydrogen-bond donors (Lipinski definition) is 3. The number of nitrogens with one attached hydrogen (secondary N) is 3. The summed E-state index contributed by atoms with van der Waals surface area (Å²) in [6, 6.07) is 28.0. The standard InChI is InChI=1S/C56H73N5O10Si2/c1-15-30-68-53(65)59-48(36(2)3)50(63)57-38(5)49(62)58-40-28-26-39(27-29-40)35-69-54(66)61-44-33-47(70-73(56(9,10)11,41-22-18-16-19-23-41)42-24-20-17-21-25-42)46(67-12)32-43(44)51(64)60-34-37(4)31-45(60)52(61)71-72(13,14)55(6,7)8/h15-29,32-34,36,38,45,48,52H,1,30-31,35H2,2-14H3,(H,57,63)(H,58,62)(H,59,65)/t38-,45?,48-,52-/m0/s1. The number of rotatable bonds is 17. The summed E-state index contributed by atoms with van der Waals surface area (Å²) in [6.45, 7) is 27.5. The van der Waals surface area contributed by atoms with E-state index >= 15 is 9.59 Å². The molecule has 3 N–H and O–H groups in total. The third-order valence-electron chi connectivity index (χ3n) is 13.8. The Labute approximate surface area is 432 Å². The second-order valence-corrected chi connectivity index (χ2v) is 30.6. The third-order valence-corrected chi connectivity index (χ3v) is 23.2. The second kappa shape index (κ2) is 22.6. The van der Waals surface area contributed by atoms with E-state index in [1.54, 1.807) is 62.3 Å². The first-order valence-corrected chi connectivity index (χ1v) is 29.5. The van der Waals surface area contributed by atoms with E-state index in [0.29, 0.717) is 29.2 Å². The molecule has 0 aromatic heterocycles. The predicted octanol–water partition coefficient (Wildman–Crippen LogP) is 9.64. The average Bonchev–Trinajstić information content (AvgIpc) is 3.71. The van der Waals surface area contributed by atoms with Crippen molar-refractivity contribution in [1.82, 2.24) is 15.5 Å². The van der Waals surface area contributed by atoms with E-state index in [4.69, 9.17) is 23.1 Å². The number of carbonyl (C=O) groups excluding carboxylic acids is 5. The van der Waals surface area contributed by atoms with Gasteiger partial charge in [0, 0.05) is 18.0 Å². The van der Waals surface area contributed by atoms with Gasteiger partial charge >= 0.3 is 20.5 Å². The minimum absolute atomic E-state index is 0.0186. The number of fused-ring (bicyclic) bond motifs is 2. The number of carbonyl (C=O) groups is 5. The van der Waals surface area contributed by atoms with Crippen molar-refractivity contribution in [2.24, 2.45) is 5.92 Å². The Morgan fingerprint density at radius 3 is 1.95 bits per heavy atom. The van der Waals surface area contributed by atoms with E-state index in [1.807, 2.05) is 49.5 Å². The van der Waals surface area contributed by atoms with Crippen molar-refractivity contribution in [1.29, 1.82) is 0 Å². The maximum atomic E-state index is 15.2. The van der Waals surface area contributed by atoms with Crippen LogP contribution in [0.25, 0.3) is 0 Å². The van der Waals surface area contributed by atoms with Crippen LogP contribution in [0.5, 0.6) is 11.5 Å². The smallest absolute Gasteiger partial charge is 0.416 e. The van der Waals surface area contributed by atoms with E-state index in [2.05, 4.69) is 101 Å². The van der Waals surface area contributed by atoms with Crippen molar-refractivity contribution >= 4 is 68.3 Å². The van der Waals surface area contributed by atoms with Gasteiger partial charge in [0.05, 0.1) is 24.4 Å². The minimum atomic E-state index is -3.29. The van der Waals surface area contributed by atoms with Crippen LogP contribution in [-0.4, -0.2) is 89.5 Å². The molecule has 0 aliphatic carbocycles. The quantitative estimate of drug-likeness (QED) is 0.0683. The number of methoxy groups -OCH3 is 1. The summed E-state index contributed by atoms with van der Waals surface area (Å²) < 4.78 is 32.2. The predicted molar refractivity (Wildman–Crippen MR) is 290 cm³/mol. The molecule has 6 rings (SSSR count). The fraction of sp³-hybridized carbons (Fsp3) is 0.411. The molecule has 4 aromatic carbocycles. The van der Waals surface area contributed by atoms with E-state index in [1.165, 1.54) is 17.9 Å². The molecule has 4 aromatic rings. The van der Waals surface area contributed by atoms with Crippen molar-refractivity contribution in [3.63, 3.8) is 0 Å². The van der Waals surface area contributed by atoms with Crippen molar-refractivity contribution in [3.05, 3.63) is 133 Å². The molecule has 0 saturated carbocycles. The van der Waals surface area contributed by atoms with Gasteiger partial charge in [-0.25, -0.2) is 14.5 Å². The zero-order chi connectivity index (χ0) is 53.6. The first-order valence-electron chi connectivity index (χ1n) is 24.7. The molecule has 0 fully saturated rings. The Bertz CT molecular complexity index is 2640. The van der Waals surface area contributed by atoms with Crippen molar-refractivity contribution in [3.8, 4) is 11.5 Å². The zero-order valence-corrected chi connectivity index (χ0v) is 46.6. The van der Waals surface area contributed by atoms with Crippen LogP contribution >= 0.6 is 0 Å². The van der Waals surface area contributed by atoms with Crippen molar-refractivity contribution in [2.75, 3.05) is 23.9 Å². The molecule has 15 nitrogen and oxygen atoms in total. The topological polar surface area (TPSA) is 174 Å². The summed E-state index contributed by atoms with van der Waals surface area (Å²) >= 11 is 0. The number of nitrogens with zero attached hydrogens (tertiary/aromatic N) is 2. The highest BCUT2D eigenvalue weighted by atomic mass is 28.4. The van der Waals surface area contributed by atoms with Gasteiger partial charge in [-0.15, -0.1) is 0 Å². The molecular weight excluding hydrogens is 959 g/mol. The molecular formula is C56H73N5O10Si2. The lowest BCUT2D eigenvalue weighted by Gasteiger charge is -2.44. The molecule has 0 radical (unpaired) electrons. The zero-order valence-electron chi connectivity index (χ0n) is 44.6. The fourth-order valence-corrected chi connectivity index (χ4v) is 14.5. The summed E-state index contributed by atoms with van der Waals surface area (Å²) in [7, 11) is -4.44. The number of hydrogen-bond acceptors (Lipinski definition) is 10. The minimum Gasteiger partial charge on any atom is -0.531 e. The van der Waals surface area contributed by atoms with Gasteiger partial charge in [0.2, 0.25) is 11.8 Å². The Morgan fingerprint density at radius 1 is 0.808 bits per heavy atom. The number of anilines is 2. The molecule has 2 aliphatic heterocycles. The summed E-state index contributed by atoms with van der Waals surface area (Å²) in [5.74, 6) is -0.976. The molecule has 1 unspecified atom stereocenters. The van der Waals surface area contributed by atoms with Crippen LogP contribution < -0.4 is 40.4 Å². The lowest BCUT2D eigenvalue weighted by atomic mass is 10.0. The van der Waals surface area contributed by atoms with Crippen LogP contribution in [-0.2, 0) is 30.1 Å². The van der Waals surface area contributed by atoms with Crippen molar-refractivity contribution < 1.29 is 47.0 Å². The molecule has 0 spiro atoms. The molecule has 73 heavy (non-hydrogen) atoms. The van der Waals surface area contributed by atoms with Gasteiger partial charge in [-0.05, 0) is 83.5 Å². The second-order valence-electron chi connectivity index (χ2n) is 21.6. The van der Waals surface area contributed by atoms with Gasteiger partial charge in [-0.3, -0.25) is 14.4 Å². The van der Waals surface area contributed by atoms with Gasteiger partial charge in [-0.2, -0.15) is 0 Å². The van der Waals surface area contributed by atoms with E-state index in [0.717, 1.165) is 15.9 Å². The van der Waals surface area contributed by atoms with Crippen LogP contribution in [0.2, 0.25) is 23.2 Å². The molecule has 0 bridgehead atoms. The highest BCUT2D eigenvalue weighted by Gasteiger charge is 2.54. The number of amides is 5. The molecule has 390 valence electrons. The Kier molecular flexibility index (Phi) is 17.2. The van der Waals surface area contributed by atoms with E-state index in [9.17, 15) is 14.4 Å². The molecule has 4 atom stereocenters. The third kappa shape index (κ3) is 12.2. The summed E-state index contributed by atoms with van der Waals surface area (Å²) in [5, 5.41) is 9.35. The van der Waals surface area contributed by atoms with Crippen LogP contribution in [0, 0.1) is 5.92 Å². The SMILES string of the molecule is C=CCOC(=O)N[C@H](C(=O)N[C@@H](C)C(=O)Nc1ccc(COC(=O)N2c3cc(O[Si](c4ccccc4)(c4ccccc4)C(C)(C)C)c(OC)cc3C(=O)N3C=C(C)CC3[C@@H]2O[Si](C)(C)C(C)(C)C)cc1)C(C)C. The van der Waals surface area contributed by atoms with Gasteiger partial charge in [0.15, 0.2) is 20.3 Å². The van der Waals surface area contributed by atoms with Gasteiger partial charge in [-0.1, -0.05) is 146 Å². The van der Waals surface area contributed by atoms with Crippen LogP contribution in [0.1, 0.15) is 91.6 Å². The fourth-order valence-electron chi connectivity index (χ4n) is 8.85. The summed E-state index contributed by atoms with van der Waals surface area (Å²) in [5.41, 5.74) is 2.48. The highest BCUT2D eigenvalue weighted by molar-refractivity contribution is 7.00. The average molecular weight is 1030 g/mol. The highest BCUT2D eigenvalue weighted by Crippen LogP contribution is 2.47. The summed E-state index contributed by atoms with van der Waals surface area (Å²) in [4.78, 5) is 72.0. The first kappa shape index (κ1) is 55.6. The van der Waals surface area contributed by atoms with Crippen LogP contribution in [0.15, 0.2) is 121 Å². The number of ether oxygens (including phenoxy) is 3. The monoisotopic (exact) mass is 1030 g/mol. The lowest BCUT2D eigenvalue weighted by Crippen LogP contribution is -2.68. The molecule has 2 heterocycles.